The second-order valence-corrected chi connectivity index (χ2v) is 5.05. The zero-order chi connectivity index (χ0) is 7.90. The number of hydrogen-bond donors (Lipinski definition) is 1. The van der Waals surface area contributed by atoms with Crippen molar-refractivity contribution in [3.63, 3.8) is 0 Å². The van der Waals surface area contributed by atoms with Gasteiger partial charge in [-0.2, -0.15) is 0 Å². The molecule has 2 fully saturated rings. The van der Waals surface area contributed by atoms with E-state index in [-0.39, 0.29) is 0 Å². The first-order chi connectivity index (χ1) is 5.17. The zero-order valence-corrected chi connectivity index (χ0v) is 7.69. The van der Waals surface area contributed by atoms with Crippen molar-refractivity contribution in [2.24, 2.45) is 11.3 Å². The Hall–Kier alpha value is -0.0400. The van der Waals surface area contributed by atoms with E-state index in [1.54, 1.807) is 0 Å². The van der Waals surface area contributed by atoms with Gasteiger partial charge in [-0.25, -0.2) is 0 Å². The maximum absolute atomic E-state index is 3.67. The molecule has 2 atom stereocenters. The molecular weight excluding hydrogens is 134 g/mol. The smallest absolute Gasteiger partial charge is 0.00957 e. The average molecular weight is 153 g/mol. The van der Waals surface area contributed by atoms with Crippen molar-refractivity contribution < 1.29 is 0 Å². The Labute approximate surface area is 69.6 Å². The van der Waals surface area contributed by atoms with Crippen molar-refractivity contribution in [3.05, 3.63) is 0 Å². The molecule has 0 bridgehead atoms. The Morgan fingerprint density at radius 3 is 2.91 bits per heavy atom. The third-order valence-electron chi connectivity index (χ3n) is 3.32. The van der Waals surface area contributed by atoms with Gasteiger partial charge in [-0.3, -0.25) is 0 Å². The summed E-state index contributed by atoms with van der Waals surface area (Å²) in [6, 6.07) is 0.878. The van der Waals surface area contributed by atoms with Crippen LogP contribution in [0.1, 0.15) is 39.5 Å². The molecule has 1 N–H and O–H groups in total. The van der Waals surface area contributed by atoms with E-state index in [4.69, 9.17) is 0 Å². The number of hydrogen-bond acceptors (Lipinski definition) is 1. The number of piperidine rings is 1. The molecular formula is C10H19N. The van der Waals surface area contributed by atoms with Crippen LogP contribution < -0.4 is 5.32 Å². The molecule has 1 aliphatic heterocycles. The third kappa shape index (κ3) is 1.44. The van der Waals surface area contributed by atoms with E-state index in [9.17, 15) is 0 Å². The summed E-state index contributed by atoms with van der Waals surface area (Å²) in [6.07, 6.45) is 5.81. The molecule has 0 aromatic heterocycles. The van der Waals surface area contributed by atoms with Crippen LogP contribution in [-0.2, 0) is 0 Å². The van der Waals surface area contributed by atoms with E-state index in [0.717, 1.165) is 12.0 Å². The van der Waals surface area contributed by atoms with Crippen LogP contribution in [0.5, 0.6) is 0 Å². The third-order valence-corrected chi connectivity index (χ3v) is 3.32. The maximum atomic E-state index is 3.67. The van der Waals surface area contributed by atoms with Crippen LogP contribution >= 0.6 is 0 Å². The highest BCUT2D eigenvalue weighted by atomic mass is 15.0. The van der Waals surface area contributed by atoms with Gasteiger partial charge in [0.25, 0.3) is 0 Å². The first-order valence-electron chi connectivity index (χ1n) is 4.91. The lowest BCUT2D eigenvalue weighted by Gasteiger charge is -2.38. The Balaban J connectivity index is 2.02. The Kier molecular flexibility index (Phi) is 1.71. The van der Waals surface area contributed by atoms with Gasteiger partial charge in [0.2, 0.25) is 0 Å². The molecule has 1 saturated carbocycles. The Morgan fingerprint density at radius 2 is 2.09 bits per heavy atom. The molecule has 1 nitrogen and oxygen atoms in total. The van der Waals surface area contributed by atoms with Crippen LogP contribution in [0.3, 0.4) is 0 Å². The van der Waals surface area contributed by atoms with Gasteiger partial charge in [-0.05, 0) is 30.6 Å². The minimum absolute atomic E-state index is 0.561. The quantitative estimate of drug-likeness (QED) is 0.562. The SMILES string of the molecule is CC1(C)CN[C@@H]2CCC[C@@H]2C1. The highest BCUT2D eigenvalue weighted by Gasteiger charge is 2.36. The fourth-order valence-corrected chi connectivity index (χ4v) is 2.74. The van der Waals surface area contributed by atoms with E-state index in [2.05, 4.69) is 19.2 Å². The summed E-state index contributed by atoms with van der Waals surface area (Å²) in [5.41, 5.74) is 0.561. The fourth-order valence-electron chi connectivity index (χ4n) is 2.74. The molecule has 0 aromatic carbocycles. The predicted octanol–water partition coefficient (Wildman–Crippen LogP) is 2.17. The van der Waals surface area contributed by atoms with Gasteiger partial charge in [0.15, 0.2) is 0 Å². The van der Waals surface area contributed by atoms with E-state index >= 15 is 0 Å². The number of fused-ring (bicyclic) bond motifs is 1. The van der Waals surface area contributed by atoms with Gasteiger partial charge in [-0.15, -0.1) is 0 Å². The fraction of sp³-hybridized carbons (Fsp3) is 1.00. The van der Waals surface area contributed by atoms with Gasteiger partial charge in [0.1, 0.15) is 0 Å². The van der Waals surface area contributed by atoms with E-state index in [1.807, 2.05) is 0 Å². The molecule has 1 saturated heterocycles. The van der Waals surface area contributed by atoms with E-state index < -0.39 is 0 Å². The van der Waals surface area contributed by atoms with Gasteiger partial charge in [0.05, 0.1) is 0 Å². The minimum atomic E-state index is 0.561. The van der Waals surface area contributed by atoms with E-state index in [1.165, 1.54) is 32.2 Å². The van der Waals surface area contributed by atoms with Gasteiger partial charge in [0, 0.05) is 12.6 Å². The normalized spacial score (nSPS) is 42.0. The number of nitrogens with one attached hydrogen (secondary N) is 1. The van der Waals surface area contributed by atoms with Crippen molar-refractivity contribution in [3.8, 4) is 0 Å². The van der Waals surface area contributed by atoms with Crippen molar-refractivity contribution in [2.75, 3.05) is 6.54 Å². The molecule has 11 heavy (non-hydrogen) atoms. The molecule has 1 aliphatic carbocycles. The predicted molar refractivity (Wildman–Crippen MR) is 47.5 cm³/mol. The minimum Gasteiger partial charge on any atom is -0.313 e. The van der Waals surface area contributed by atoms with Crippen LogP contribution in [0, 0.1) is 11.3 Å². The number of rotatable bonds is 0. The molecule has 64 valence electrons. The van der Waals surface area contributed by atoms with Gasteiger partial charge in [-0.1, -0.05) is 20.3 Å². The summed E-state index contributed by atoms with van der Waals surface area (Å²) in [5.74, 6) is 0.999. The summed E-state index contributed by atoms with van der Waals surface area (Å²) in [5, 5.41) is 3.67. The lowest BCUT2D eigenvalue weighted by Crippen LogP contribution is -2.46. The summed E-state index contributed by atoms with van der Waals surface area (Å²) in [4.78, 5) is 0. The first-order valence-corrected chi connectivity index (χ1v) is 4.91. The lowest BCUT2D eigenvalue weighted by molar-refractivity contribution is 0.170. The molecule has 2 aliphatic rings. The molecule has 1 heteroatoms. The van der Waals surface area contributed by atoms with Crippen LogP contribution in [0.2, 0.25) is 0 Å². The highest BCUT2D eigenvalue weighted by Crippen LogP contribution is 2.39. The van der Waals surface area contributed by atoms with Crippen LogP contribution in [-0.4, -0.2) is 12.6 Å². The Morgan fingerprint density at radius 1 is 1.27 bits per heavy atom. The monoisotopic (exact) mass is 153 g/mol. The molecule has 2 rings (SSSR count). The van der Waals surface area contributed by atoms with Crippen molar-refractivity contribution in [2.45, 2.75) is 45.6 Å². The van der Waals surface area contributed by atoms with Crippen molar-refractivity contribution >= 4 is 0 Å². The second-order valence-electron chi connectivity index (χ2n) is 5.05. The van der Waals surface area contributed by atoms with Gasteiger partial charge < -0.3 is 5.32 Å². The van der Waals surface area contributed by atoms with Gasteiger partial charge >= 0.3 is 0 Å². The zero-order valence-electron chi connectivity index (χ0n) is 7.69. The summed E-state index contributed by atoms with van der Waals surface area (Å²) >= 11 is 0. The van der Waals surface area contributed by atoms with Crippen molar-refractivity contribution in [1.29, 1.82) is 0 Å². The highest BCUT2D eigenvalue weighted by molar-refractivity contribution is 4.92. The van der Waals surface area contributed by atoms with Crippen LogP contribution in [0.4, 0.5) is 0 Å². The summed E-state index contributed by atoms with van der Waals surface area (Å²) < 4.78 is 0. The van der Waals surface area contributed by atoms with E-state index in [0.29, 0.717) is 5.41 Å². The molecule has 0 spiro atoms. The molecule has 1 heterocycles. The Bertz CT molecular complexity index is 151. The summed E-state index contributed by atoms with van der Waals surface area (Å²) in [7, 11) is 0. The van der Waals surface area contributed by atoms with Crippen molar-refractivity contribution in [1.82, 2.24) is 5.32 Å². The average Bonchev–Trinajstić information content (AvgIpc) is 2.31. The van der Waals surface area contributed by atoms with Crippen LogP contribution in [0.15, 0.2) is 0 Å². The standard InChI is InChI=1S/C10H19N/c1-10(2)6-8-4-3-5-9(8)11-7-10/h8-9,11H,3-7H2,1-2H3/t8-,9-/m1/s1. The lowest BCUT2D eigenvalue weighted by atomic mass is 9.77. The largest absolute Gasteiger partial charge is 0.313 e. The first kappa shape index (κ1) is 7.60. The van der Waals surface area contributed by atoms with Crippen LogP contribution in [0.25, 0.3) is 0 Å². The summed E-state index contributed by atoms with van der Waals surface area (Å²) in [6.45, 7) is 6.00. The maximum Gasteiger partial charge on any atom is 0.00957 e. The molecule has 0 aromatic rings. The topological polar surface area (TPSA) is 12.0 Å². The molecule has 0 amide bonds. The molecule has 0 unspecified atom stereocenters. The second kappa shape index (κ2) is 2.48. The molecule has 0 radical (unpaired) electrons.